The van der Waals surface area contributed by atoms with Gasteiger partial charge in [0.15, 0.2) is 0 Å². The Morgan fingerprint density at radius 2 is 2.31 bits per heavy atom. The summed E-state index contributed by atoms with van der Waals surface area (Å²) in [5, 5.41) is 3.43. The van der Waals surface area contributed by atoms with E-state index in [1.54, 1.807) is 0 Å². The third-order valence-corrected chi connectivity index (χ3v) is 3.21. The molecule has 0 spiro atoms. The molecule has 1 rings (SSSR count). The van der Waals surface area contributed by atoms with Gasteiger partial charge in [0.05, 0.1) is 0 Å². The van der Waals surface area contributed by atoms with E-state index in [-0.39, 0.29) is 0 Å². The maximum atomic E-state index is 3.75. The van der Waals surface area contributed by atoms with Gasteiger partial charge in [-0.05, 0) is 38.6 Å². The minimum absolute atomic E-state index is 0.755. The largest absolute Gasteiger partial charge is 0.317 e. The van der Waals surface area contributed by atoms with Crippen molar-refractivity contribution in [2.24, 2.45) is 5.92 Å². The summed E-state index contributed by atoms with van der Waals surface area (Å²) in [7, 11) is 2.09. The fraction of sp³-hybridized carbons (Fsp3) is 0.833. The van der Waals surface area contributed by atoms with E-state index < -0.39 is 0 Å². The number of hydrogen-bond donors (Lipinski definition) is 1. The molecule has 0 amide bonds. The monoisotopic (exact) mass is 181 g/mol. The highest BCUT2D eigenvalue weighted by Crippen LogP contribution is 2.31. The van der Waals surface area contributed by atoms with Crippen LogP contribution < -0.4 is 5.32 Å². The Morgan fingerprint density at radius 3 is 2.77 bits per heavy atom. The van der Waals surface area contributed by atoms with E-state index in [2.05, 4.69) is 18.9 Å². The smallest absolute Gasteiger partial charge is 0.00668 e. The van der Waals surface area contributed by atoms with Crippen LogP contribution in [0.25, 0.3) is 0 Å². The topological polar surface area (TPSA) is 12.0 Å². The van der Waals surface area contributed by atoms with Gasteiger partial charge in [0.2, 0.25) is 0 Å². The number of rotatable bonds is 7. The van der Waals surface area contributed by atoms with Gasteiger partial charge in [-0.3, -0.25) is 0 Å². The van der Waals surface area contributed by atoms with Gasteiger partial charge < -0.3 is 5.32 Å². The maximum absolute atomic E-state index is 3.75. The summed E-state index contributed by atoms with van der Waals surface area (Å²) in [6, 6.07) is 0.755. The highest BCUT2D eigenvalue weighted by molar-refractivity contribution is 4.77. The van der Waals surface area contributed by atoms with Crippen LogP contribution in [-0.2, 0) is 0 Å². The van der Waals surface area contributed by atoms with E-state index in [4.69, 9.17) is 0 Å². The van der Waals surface area contributed by atoms with Crippen LogP contribution in [0.3, 0.4) is 0 Å². The van der Waals surface area contributed by atoms with Gasteiger partial charge in [-0.2, -0.15) is 0 Å². The van der Waals surface area contributed by atoms with Gasteiger partial charge in [0, 0.05) is 6.04 Å². The first-order chi connectivity index (χ1) is 6.36. The first kappa shape index (κ1) is 10.8. The molecule has 1 unspecified atom stereocenters. The molecule has 0 aromatic heterocycles. The maximum Gasteiger partial charge on any atom is 0.00668 e. The summed E-state index contributed by atoms with van der Waals surface area (Å²) in [5.74, 6) is 1.03. The van der Waals surface area contributed by atoms with Crippen molar-refractivity contribution in [3.05, 3.63) is 12.7 Å². The summed E-state index contributed by atoms with van der Waals surface area (Å²) in [6.07, 6.45) is 11.6. The average Bonchev–Trinajstić information content (AvgIpc) is 2.08. The van der Waals surface area contributed by atoms with Crippen LogP contribution in [0.2, 0.25) is 0 Å². The Bertz CT molecular complexity index is 138. The zero-order valence-corrected chi connectivity index (χ0v) is 8.89. The van der Waals surface area contributed by atoms with Crippen LogP contribution in [0, 0.1) is 5.92 Å². The Kier molecular flexibility index (Phi) is 5.14. The van der Waals surface area contributed by atoms with Crippen molar-refractivity contribution >= 4 is 0 Å². The summed E-state index contributed by atoms with van der Waals surface area (Å²) in [4.78, 5) is 0. The quantitative estimate of drug-likeness (QED) is 0.470. The Morgan fingerprint density at radius 1 is 1.54 bits per heavy atom. The third kappa shape index (κ3) is 3.95. The van der Waals surface area contributed by atoms with Crippen molar-refractivity contribution < 1.29 is 0 Å². The van der Waals surface area contributed by atoms with Crippen molar-refractivity contribution in [3.63, 3.8) is 0 Å². The van der Waals surface area contributed by atoms with Gasteiger partial charge in [0.1, 0.15) is 0 Å². The molecule has 1 saturated carbocycles. The van der Waals surface area contributed by atoms with Crippen molar-refractivity contribution in [2.45, 2.75) is 51.0 Å². The molecule has 1 nitrogen and oxygen atoms in total. The number of hydrogen-bond acceptors (Lipinski definition) is 1. The molecule has 0 aromatic carbocycles. The average molecular weight is 181 g/mol. The van der Waals surface area contributed by atoms with E-state index in [1.807, 2.05) is 6.08 Å². The molecule has 1 atom stereocenters. The number of nitrogens with one attached hydrogen (secondary N) is 1. The zero-order chi connectivity index (χ0) is 9.52. The van der Waals surface area contributed by atoms with Crippen LogP contribution in [0.4, 0.5) is 0 Å². The van der Waals surface area contributed by atoms with Crippen LogP contribution in [0.5, 0.6) is 0 Å². The van der Waals surface area contributed by atoms with E-state index in [0.29, 0.717) is 0 Å². The highest BCUT2D eigenvalue weighted by Gasteiger charge is 2.20. The van der Waals surface area contributed by atoms with Crippen LogP contribution in [0.1, 0.15) is 44.9 Å². The predicted molar refractivity (Wildman–Crippen MR) is 58.9 cm³/mol. The molecule has 1 aliphatic carbocycles. The molecule has 0 heterocycles. The first-order valence-electron chi connectivity index (χ1n) is 5.65. The molecular formula is C12H23N. The lowest BCUT2D eigenvalue weighted by Crippen LogP contribution is -2.29. The van der Waals surface area contributed by atoms with Gasteiger partial charge in [-0.1, -0.05) is 25.3 Å². The second-order valence-electron chi connectivity index (χ2n) is 4.24. The normalized spacial score (nSPS) is 19.5. The fourth-order valence-corrected chi connectivity index (χ4v) is 2.02. The Hall–Kier alpha value is -0.300. The van der Waals surface area contributed by atoms with E-state index in [1.165, 1.54) is 44.9 Å². The van der Waals surface area contributed by atoms with E-state index >= 15 is 0 Å². The molecule has 0 radical (unpaired) electrons. The number of allylic oxidation sites excluding steroid dienone is 1. The molecule has 1 N–H and O–H groups in total. The van der Waals surface area contributed by atoms with Gasteiger partial charge >= 0.3 is 0 Å². The van der Waals surface area contributed by atoms with Crippen molar-refractivity contribution in [2.75, 3.05) is 7.05 Å². The predicted octanol–water partition coefficient (Wildman–Crippen LogP) is 3.12. The molecule has 0 aromatic rings. The second-order valence-corrected chi connectivity index (χ2v) is 4.24. The van der Waals surface area contributed by atoms with Crippen molar-refractivity contribution in [3.8, 4) is 0 Å². The van der Waals surface area contributed by atoms with Gasteiger partial charge in [0.25, 0.3) is 0 Å². The molecule has 1 heteroatoms. The zero-order valence-electron chi connectivity index (χ0n) is 8.89. The fourth-order valence-electron chi connectivity index (χ4n) is 2.02. The van der Waals surface area contributed by atoms with E-state index in [9.17, 15) is 0 Å². The summed E-state index contributed by atoms with van der Waals surface area (Å²) in [6.45, 7) is 3.75. The van der Waals surface area contributed by atoms with Crippen molar-refractivity contribution in [1.82, 2.24) is 5.32 Å². The molecule has 0 saturated heterocycles. The molecular weight excluding hydrogens is 158 g/mol. The van der Waals surface area contributed by atoms with Crippen LogP contribution >= 0.6 is 0 Å². The Balaban J connectivity index is 2.06. The second kappa shape index (κ2) is 6.20. The standard InChI is InChI=1S/C12H23N/c1-3-4-5-9-12(13-2)10-11-7-6-8-11/h3,11-13H,1,4-10H2,2H3. The SMILES string of the molecule is C=CCCCC(CC1CCC1)NC. The van der Waals surface area contributed by atoms with Crippen molar-refractivity contribution in [1.29, 1.82) is 0 Å². The molecule has 1 fully saturated rings. The van der Waals surface area contributed by atoms with Gasteiger partial charge in [-0.25, -0.2) is 0 Å². The minimum Gasteiger partial charge on any atom is -0.317 e. The molecule has 1 aliphatic rings. The molecule has 0 aliphatic heterocycles. The minimum atomic E-state index is 0.755. The lowest BCUT2D eigenvalue weighted by Gasteiger charge is -2.29. The Labute approximate surface area is 82.6 Å². The lowest BCUT2D eigenvalue weighted by atomic mass is 9.80. The highest BCUT2D eigenvalue weighted by atomic mass is 14.9. The summed E-state index contributed by atoms with van der Waals surface area (Å²) < 4.78 is 0. The van der Waals surface area contributed by atoms with Gasteiger partial charge in [-0.15, -0.1) is 6.58 Å². The molecule has 76 valence electrons. The lowest BCUT2D eigenvalue weighted by molar-refractivity contribution is 0.258. The molecule has 0 bridgehead atoms. The summed E-state index contributed by atoms with van der Waals surface area (Å²) >= 11 is 0. The molecule has 13 heavy (non-hydrogen) atoms. The third-order valence-electron chi connectivity index (χ3n) is 3.21. The van der Waals surface area contributed by atoms with Crippen LogP contribution in [0.15, 0.2) is 12.7 Å². The first-order valence-corrected chi connectivity index (χ1v) is 5.65. The summed E-state index contributed by atoms with van der Waals surface area (Å²) in [5.41, 5.74) is 0. The van der Waals surface area contributed by atoms with Crippen LogP contribution in [-0.4, -0.2) is 13.1 Å². The van der Waals surface area contributed by atoms with E-state index in [0.717, 1.165) is 12.0 Å². The number of unbranched alkanes of at least 4 members (excludes halogenated alkanes) is 1.